The SMILES string of the molecule is CNCc1sc(Br)nc1C(=O)OC. The number of carbonyl (C=O) groups excluding carboxylic acids is 1. The van der Waals surface area contributed by atoms with E-state index in [1.807, 2.05) is 7.05 Å². The zero-order valence-electron chi connectivity index (χ0n) is 7.26. The Morgan fingerprint density at radius 2 is 2.46 bits per heavy atom. The number of aromatic nitrogens is 1. The van der Waals surface area contributed by atoms with Gasteiger partial charge in [0.1, 0.15) is 0 Å². The largest absolute Gasteiger partial charge is 0.464 e. The van der Waals surface area contributed by atoms with Gasteiger partial charge in [0.15, 0.2) is 9.61 Å². The third-order valence-electron chi connectivity index (χ3n) is 1.39. The van der Waals surface area contributed by atoms with Crippen molar-refractivity contribution in [1.29, 1.82) is 0 Å². The Hall–Kier alpha value is -0.460. The van der Waals surface area contributed by atoms with Crippen LogP contribution < -0.4 is 5.32 Å². The van der Waals surface area contributed by atoms with E-state index in [1.165, 1.54) is 18.4 Å². The van der Waals surface area contributed by atoms with Crippen LogP contribution in [0, 0.1) is 0 Å². The van der Waals surface area contributed by atoms with E-state index in [1.54, 1.807) is 0 Å². The smallest absolute Gasteiger partial charge is 0.357 e. The van der Waals surface area contributed by atoms with Crippen molar-refractivity contribution in [3.05, 3.63) is 14.5 Å². The van der Waals surface area contributed by atoms with E-state index in [2.05, 4.69) is 31.0 Å². The number of nitrogens with one attached hydrogen (secondary N) is 1. The van der Waals surface area contributed by atoms with E-state index < -0.39 is 5.97 Å². The molecule has 0 saturated carbocycles. The van der Waals surface area contributed by atoms with E-state index in [-0.39, 0.29) is 0 Å². The Morgan fingerprint density at radius 1 is 1.77 bits per heavy atom. The van der Waals surface area contributed by atoms with Crippen molar-refractivity contribution in [2.45, 2.75) is 6.54 Å². The van der Waals surface area contributed by atoms with E-state index in [4.69, 9.17) is 0 Å². The Bertz CT molecular complexity index is 313. The van der Waals surface area contributed by atoms with Gasteiger partial charge in [0.2, 0.25) is 0 Å². The second-order valence-corrected chi connectivity index (χ2v) is 4.62. The molecule has 0 bridgehead atoms. The van der Waals surface area contributed by atoms with Crippen LogP contribution >= 0.6 is 27.3 Å². The molecule has 0 spiro atoms. The molecule has 0 unspecified atom stereocenters. The van der Waals surface area contributed by atoms with Gasteiger partial charge in [-0.3, -0.25) is 0 Å². The Labute approximate surface area is 88.4 Å². The molecule has 0 atom stereocenters. The molecule has 1 aromatic heterocycles. The number of halogens is 1. The highest BCUT2D eigenvalue weighted by Crippen LogP contribution is 2.23. The zero-order valence-corrected chi connectivity index (χ0v) is 9.66. The van der Waals surface area contributed by atoms with Crippen molar-refractivity contribution in [2.24, 2.45) is 0 Å². The Balaban J connectivity index is 2.96. The molecule has 0 aliphatic rings. The molecule has 0 aliphatic carbocycles. The van der Waals surface area contributed by atoms with Gasteiger partial charge in [-0.15, -0.1) is 11.3 Å². The van der Waals surface area contributed by atoms with Crippen LogP contribution in [0.3, 0.4) is 0 Å². The minimum atomic E-state index is -0.396. The van der Waals surface area contributed by atoms with E-state index in [9.17, 15) is 4.79 Å². The highest BCUT2D eigenvalue weighted by molar-refractivity contribution is 9.11. The number of thiazole rings is 1. The number of ether oxygens (including phenoxy) is 1. The molecular formula is C7H9BrN2O2S. The van der Waals surface area contributed by atoms with Crippen LogP contribution in [0.25, 0.3) is 0 Å². The predicted octanol–water partition coefficient (Wildman–Crippen LogP) is 1.41. The maximum Gasteiger partial charge on any atom is 0.357 e. The van der Waals surface area contributed by atoms with Gasteiger partial charge in [0.05, 0.1) is 12.0 Å². The van der Waals surface area contributed by atoms with Crippen molar-refractivity contribution in [3.8, 4) is 0 Å². The normalized spacial score (nSPS) is 10.1. The Kier molecular flexibility index (Phi) is 3.83. The first-order chi connectivity index (χ1) is 6.19. The second-order valence-electron chi connectivity index (χ2n) is 2.26. The molecule has 0 aliphatic heterocycles. The highest BCUT2D eigenvalue weighted by Gasteiger charge is 2.16. The number of hydrogen-bond acceptors (Lipinski definition) is 5. The summed E-state index contributed by atoms with van der Waals surface area (Å²) in [6.45, 7) is 0.619. The lowest BCUT2D eigenvalue weighted by molar-refractivity contribution is 0.0593. The predicted molar refractivity (Wildman–Crippen MR) is 53.9 cm³/mol. The molecule has 0 radical (unpaired) electrons. The molecule has 0 aromatic carbocycles. The van der Waals surface area contributed by atoms with Gasteiger partial charge in [-0.2, -0.15) is 0 Å². The first kappa shape index (κ1) is 10.6. The summed E-state index contributed by atoms with van der Waals surface area (Å²) in [7, 11) is 3.16. The third-order valence-corrected chi connectivity index (χ3v) is 2.89. The van der Waals surface area contributed by atoms with Crippen LogP contribution in [0.5, 0.6) is 0 Å². The summed E-state index contributed by atoms with van der Waals surface area (Å²) < 4.78 is 5.29. The van der Waals surface area contributed by atoms with Crippen molar-refractivity contribution >= 4 is 33.2 Å². The average Bonchev–Trinajstić information content (AvgIpc) is 2.46. The monoisotopic (exact) mass is 264 g/mol. The molecule has 6 heteroatoms. The quantitative estimate of drug-likeness (QED) is 0.839. The molecule has 0 fully saturated rings. The van der Waals surface area contributed by atoms with Crippen LogP contribution in [0.2, 0.25) is 0 Å². The summed E-state index contributed by atoms with van der Waals surface area (Å²) in [4.78, 5) is 16.1. The van der Waals surface area contributed by atoms with Crippen molar-refractivity contribution in [1.82, 2.24) is 10.3 Å². The molecule has 0 amide bonds. The molecule has 72 valence electrons. The number of esters is 1. The molecule has 1 N–H and O–H groups in total. The lowest BCUT2D eigenvalue weighted by Gasteiger charge is -1.98. The van der Waals surface area contributed by atoms with Crippen molar-refractivity contribution < 1.29 is 9.53 Å². The first-order valence-corrected chi connectivity index (χ1v) is 5.18. The van der Waals surface area contributed by atoms with Gasteiger partial charge in [0, 0.05) is 6.54 Å². The molecule has 13 heavy (non-hydrogen) atoms. The highest BCUT2D eigenvalue weighted by atomic mass is 79.9. The van der Waals surface area contributed by atoms with Crippen LogP contribution in [-0.4, -0.2) is 25.1 Å². The topological polar surface area (TPSA) is 51.2 Å². The Morgan fingerprint density at radius 3 is 3.00 bits per heavy atom. The van der Waals surface area contributed by atoms with Crippen LogP contribution in [0.15, 0.2) is 3.92 Å². The number of hydrogen-bond donors (Lipinski definition) is 1. The molecule has 1 aromatic rings. The minimum absolute atomic E-state index is 0.383. The zero-order chi connectivity index (χ0) is 9.84. The third kappa shape index (κ3) is 2.49. The summed E-state index contributed by atoms with van der Waals surface area (Å²) in [5.41, 5.74) is 0.383. The van der Waals surface area contributed by atoms with Crippen molar-refractivity contribution in [3.63, 3.8) is 0 Å². The minimum Gasteiger partial charge on any atom is -0.464 e. The number of carbonyl (C=O) groups is 1. The number of rotatable bonds is 3. The van der Waals surface area contributed by atoms with Gasteiger partial charge < -0.3 is 10.1 Å². The van der Waals surface area contributed by atoms with Gasteiger partial charge in [-0.1, -0.05) is 0 Å². The summed E-state index contributed by atoms with van der Waals surface area (Å²) >= 11 is 4.65. The van der Waals surface area contributed by atoms with Crippen molar-refractivity contribution in [2.75, 3.05) is 14.2 Å². The molecule has 0 saturated heterocycles. The van der Waals surface area contributed by atoms with Crippen LogP contribution in [-0.2, 0) is 11.3 Å². The van der Waals surface area contributed by atoms with Gasteiger partial charge in [0.25, 0.3) is 0 Å². The summed E-state index contributed by atoms with van der Waals surface area (Å²) in [5.74, 6) is -0.396. The summed E-state index contributed by atoms with van der Waals surface area (Å²) in [5, 5.41) is 2.96. The first-order valence-electron chi connectivity index (χ1n) is 3.57. The second kappa shape index (κ2) is 4.69. The fourth-order valence-corrected chi connectivity index (χ4v) is 2.41. The lowest BCUT2D eigenvalue weighted by Crippen LogP contribution is -2.10. The standard InChI is InChI=1S/C7H9BrN2O2S/c1-9-3-4-5(6(11)12-2)10-7(8)13-4/h9H,3H2,1-2H3. The number of nitrogens with zero attached hydrogens (tertiary/aromatic N) is 1. The lowest BCUT2D eigenvalue weighted by atomic mass is 10.3. The van der Waals surface area contributed by atoms with Gasteiger partial charge in [-0.05, 0) is 23.0 Å². The fraction of sp³-hybridized carbons (Fsp3) is 0.429. The molecule has 1 heterocycles. The fourth-order valence-electron chi connectivity index (χ4n) is 0.860. The molecular weight excluding hydrogens is 256 g/mol. The average molecular weight is 265 g/mol. The van der Waals surface area contributed by atoms with E-state index in [0.29, 0.717) is 16.2 Å². The maximum absolute atomic E-state index is 11.2. The van der Waals surface area contributed by atoms with Gasteiger partial charge in [-0.25, -0.2) is 9.78 Å². The van der Waals surface area contributed by atoms with E-state index >= 15 is 0 Å². The maximum atomic E-state index is 11.2. The molecule has 4 nitrogen and oxygen atoms in total. The number of methoxy groups -OCH3 is 1. The van der Waals surface area contributed by atoms with E-state index in [0.717, 1.165) is 4.88 Å². The van der Waals surface area contributed by atoms with Crippen LogP contribution in [0.1, 0.15) is 15.4 Å². The van der Waals surface area contributed by atoms with Gasteiger partial charge >= 0.3 is 5.97 Å². The van der Waals surface area contributed by atoms with Crippen LogP contribution in [0.4, 0.5) is 0 Å². The summed E-state index contributed by atoms with van der Waals surface area (Å²) in [6, 6.07) is 0. The molecule has 1 rings (SSSR count). The summed E-state index contributed by atoms with van der Waals surface area (Å²) in [6.07, 6.45) is 0.